The van der Waals surface area contributed by atoms with Gasteiger partial charge in [-0.25, -0.2) is 0 Å². The molecule has 1 amide bonds. The third kappa shape index (κ3) is 2.76. The Morgan fingerprint density at radius 2 is 2.12 bits per heavy atom. The predicted octanol–water partition coefficient (Wildman–Crippen LogP) is 3.13. The SMILES string of the molecule is O=C1CCc2cc(CCCCCl)ccc2N1. The first-order chi connectivity index (χ1) is 7.79. The molecule has 1 aliphatic heterocycles. The van der Waals surface area contributed by atoms with E-state index in [-0.39, 0.29) is 5.91 Å². The van der Waals surface area contributed by atoms with Gasteiger partial charge in [0.15, 0.2) is 0 Å². The lowest BCUT2D eigenvalue weighted by Gasteiger charge is -2.17. The molecule has 86 valence electrons. The number of alkyl halides is 1. The zero-order valence-electron chi connectivity index (χ0n) is 9.26. The third-order valence-corrected chi connectivity index (χ3v) is 3.18. The average molecular weight is 238 g/mol. The fourth-order valence-corrected chi connectivity index (χ4v) is 2.20. The number of carbonyl (C=O) groups is 1. The van der Waals surface area contributed by atoms with Crippen molar-refractivity contribution in [3.63, 3.8) is 0 Å². The van der Waals surface area contributed by atoms with E-state index in [2.05, 4.69) is 17.4 Å². The summed E-state index contributed by atoms with van der Waals surface area (Å²) in [5.41, 5.74) is 3.60. The molecule has 0 fully saturated rings. The van der Waals surface area contributed by atoms with Crippen molar-refractivity contribution in [2.24, 2.45) is 0 Å². The van der Waals surface area contributed by atoms with Gasteiger partial charge in [0, 0.05) is 18.0 Å². The second-order valence-corrected chi connectivity index (χ2v) is 4.56. The van der Waals surface area contributed by atoms with Gasteiger partial charge in [-0.15, -0.1) is 11.6 Å². The maximum absolute atomic E-state index is 11.2. The molecule has 0 saturated heterocycles. The summed E-state index contributed by atoms with van der Waals surface area (Å²) in [7, 11) is 0. The van der Waals surface area contributed by atoms with Crippen molar-refractivity contribution in [1.82, 2.24) is 0 Å². The highest BCUT2D eigenvalue weighted by molar-refractivity contribution is 6.17. The van der Waals surface area contributed by atoms with Gasteiger partial charge in [-0.2, -0.15) is 0 Å². The molecular weight excluding hydrogens is 222 g/mol. The minimum Gasteiger partial charge on any atom is -0.326 e. The van der Waals surface area contributed by atoms with Crippen molar-refractivity contribution in [1.29, 1.82) is 0 Å². The van der Waals surface area contributed by atoms with Crippen LogP contribution < -0.4 is 5.32 Å². The summed E-state index contributed by atoms with van der Waals surface area (Å²) in [5, 5.41) is 2.89. The van der Waals surface area contributed by atoms with Crippen molar-refractivity contribution in [3.05, 3.63) is 29.3 Å². The van der Waals surface area contributed by atoms with Crippen LogP contribution in [0.1, 0.15) is 30.4 Å². The van der Waals surface area contributed by atoms with Crippen LogP contribution in [0.15, 0.2) is 18.2 Å². The maximum atomic E-state index is 11.2. The highest BCUT2D eigenvalue weighted by Crippen LogP contribution is 2.24. The van der Waals surface area contributed by atoms with Crippen LogP contribution >= 0.6 is 11.6 Å². The number of rotatable bonds is 4. The van der Waals surface area contributed by atoms with Crippen LogP contribution in [0.3, 0.4) is 0 Å². The molecule has 16 heavy (non-hydrogen) atoms. The van der Waals surface area contributed by atoms with E-state index < -0.39 is 0 Å². The summed E-state index contributed by atoms with van der Waals surface area (Å²) in [5.74, 6) is 0.864. The van der Waals surface area contributed by atoms with Crippen molar-refractivity contribution in [2.45, 2.75) is 32.1 Å². The number of amides is 1. The smallest absolute Gasteiger partial charge is 0.224 e. The molecule has 2 rings (SSSR count). The summed E-state index contributed by atoms with van der Waals surface area (Å²) in [6.07, 6.45) is 4.75. The third-order valence-electron chi connectivity index (χ3n) is 2.91. The van der Waals surface area contributed by atoms with E-state index in [4.69, 9.17) is 11.6 Å². The van der Waals surface area contributed by atoms with E-state index in [1.165, 1.54) is 11.1 Å². The Morgan fingerprint density at radius 1 is 1.25 bits per heavy atom. The van der Waals surface area contributed by atoms with Crippen LogP contribution in [-0.4, -0.2) is 11.8 Å². The lowest BCUT2D eigenvalue weighted by molar-refractivity contribution is -0.116. The first-order valence-electron chi connectivity index (χ1n) is 5.77. The Hall–Kier alpha value is -1.02. The highest BCUT2D eigenvalue weighted by atomic mass is 35.5. The number of carbonyl (C=O) groups excluding carboxylic acids is 1. The van der Waals surface area contributed by atoms with Crippen LogP contribution in [-0.2, 0) is 17.6 Å². The van der Waals surface area contributed by atoms with Crippen LogP contribution in [0.25, 0.3) is 0 Å². The summed E-state index contributed by atoms with van der Waals surface area (Å²) in [6.45, 7) is 0. The minimum absolute atomic E-state index is 0.127. The van der Waals surface area contributed by atoms with E-state index in [9.17, 15) is 4.79 Å². The van der Waals surface area contributed by atoms with Crippen molar-refractivity contribution in [2.75, 3.05) is 11.2 Å². The van der Waals surface area contributed by atoms with E-state index in [0.29, 0.717) is 6.42 Å². The molecule has 0 aromatic heterocycles. The van der Waals surface area contributed by atoms with Crippen molar-refractivity contribution >= 4 is 23.2 Å². The van der Waals surface area contributed by atoms with Crippen LogP contribution in [0.5, 0.6) is 0 Å². The number of halogens is 1. The zero-order valence-corrected chi connectivity index (χ0v) is 10.0. The van der Waals surface area contributed by atoms with Crippen molar-refractivity contribution < 1.29 is 4.79 Å². The van der Waals surface area contributed by atoms with E-state index in [1.54, 1.807) is 0 Å². The molecule has 0 saturated carbocycles. The topological polar surface area (TPSA) is 29.1 Å². The Kier molecular flexibility index (Phi) is 3.83. The second-order valence-electron chi connectivity index (χ2n) is 4.19. The van der Waals surface area contributed by atoms with Gasteiger partial charge >= 0.3 is 0 Å². The maximum Gasteiger partial charge on any atom is 0.224 e. The molecule has 0 spiro atoms. The number of aryl methyl sites for hydroxylation is 2. The molecule has 2 nitrogen and oxygen atoms in total. The Balaban J connectivity index is 2.04. The number of hydrogen-bond donors (Lipinski definition) is 1. The van der Waals surface area contributed by atoms with E-state index in [0.717, 1.165) is 37.3 Å². The second kappa shape index (κ2) is 5.35. The molecule has 1 aliphatic rings. The van der Waals surface area contributed by atoms with Crippen molar-refractivity contribution in [3.8, 4) is 0 Å². The van der Waals surface area contributed by atoms with Gasteiger partial charge in [-0.05, 0) is 42.9 Å². The largest absolute Gasteiger partial charge is 0.326 e. The first kappa shape index (κ1) is 11.5. The number of fused-ring (bicyclic) bond motifs is 1. The summed E-state index contributed by atoms with van der Waals surface area (Å²) in [4.78, 5) is 11.2. The Morgan fingerprint density at radius 3 is 2.94 bits per heavy atom. The molecule has 3 heteroatoms. The number of nitrogens with one attached hydrogen (secondary N) is 1. The zero-order chi connectivity index (χ0) is 11.4. The van der Waals surface area contributed by atoms with E-state index in [1.807, 2.05) is 6.07 Å². The number of anilines is 1. The molecule has 0 atom stereocenters. The summed E-state index contributed by atoms with van der Waals surface area (Å²) >= 11 is 5.65. The molecule has 1 N–H and O–H groups in total. The molecule has 0 radical (unpaired) electrons. The standard InChI is InChI=1S/C13H16ClNO/c14-8-2-1-3-10-4-6-12-11(9-10)5-7-13(16)15-12/h4,6,9H,1-3,5,7-8H2,(H,15,16). The lowest BCUT2D eigenvalue weighted by atomic mass is 9.98. The fraction of sp³-hybridized carbons (Fsp3) is 0.462. The average Bonchev–Trinajstić information content (AvgIpc) is 2.29. The molecule has 0 aliphatic carbocycles. The number of hydrogen-bond acceptors (Lipinski definition) is 1. The summed E-state index contributed by atoms with van der Waals surface area (Å²) in [6, 6.07) is 6.32. The number of unbranched alkanes of at least 4 members (excludes halogenated alkanes) is 1. The highest BCUT2D eigenvalue weighted by Gasteiger charge is 2.14. The van der Waals surface area contributed by atoms with Crippen LogP contribution in [0.2, 0.25) is 0 Å². The molecule has 0 bridgehead atoms. The van der Waals surface area contributed by atoms with Crippen LogP contribution in [0, 0.1) is 0 Å². The normalized spacial score (nSPS) is 14.4. The monoisotopic (exact) mass is 237 g/mol. The fourth-order valence-electron chi connectivity index (χ4n) is 2.02. The molecule has 1 aromatic rings. The molecule has 1 heterocycles. The van der Waals surface area contributed by atoms with Gasteiger partial charge in [-0.3, -0.25) is 4.79 Å². The minimum atomic E-state index is 0.127. The number of benzene rings is 1. The Bertz CT molecular complexity index is 390. The summed E-state index contributed by atoms with van der Waals surface area (Å²) < 4.78 is 0. The molecular formula is C13H16ClNO. The van der Waals surface area contributed by atoms with Gasteiger partial charge in [0.1, 0.15) is 0 Å². The van der Waals surface area contributed by atoms with Gasteiger partial charge in [0.2, 0.25) is 5.91 Å². The molecule has 1 aromatic carbocycles. The quantitative estimate of drug-likeness (QED) is 0.633. The van der Waals surface area contributed by atoms with Gasteiger partial charge in [0.05, 0.1) is 0 Å². The van der Waals surface area contributed by atoms with Gasteiger partial charge in [0.25, 0.3) is 0 Å². The first-order valence-corrected chi connectivity index (χ1v) is 6.30. The van der Waals surface area contributed by atoms with Gasteiger partial charge < -0.3 is 5.32 Å². The lowest BCUT2D eigenvalue weighted by Crippen LogP contribution is -2.18. The van der Waals surface area contributed by atoms with Crippen LogP contribution in [0.4, 0.5) is 5.69 Å². The van der Waals surface area contributed by atoms with Gasteiger partial charge in [-0.1, -0.05) is 12.1 Å². The Labute approximate surface area is 101 Å². The van der Waals surface area contributed by atoms with E-state index >= 15 is 0 Å². The predicted molar refractivity (Wildman–Crippen MR) is 67.1 cm³/mol. The molecule has 0 unspecified atom stereocenters.